The lowest BCUT2D eigenvalue weighted by atomic mass is 10.0. The molecule has 2 aliphatic heterocycles. The van der Waals surface area contributed by atoms with Crippen molar-refractivity contribution >= 4 is 23.3 Å². The summed E-state index contributed by atoms with van der Waals surface area (Å²) >= 11 is 0. The van der Waals surface area contributed by atoms with Gasteiger partial charge in [-0.05, 0) is 37.1 Å². The second-order valence-corrected chi connectivity index (χ2v) is 6.18. The number of imide groups is 1. The van der Waals surface area contributed by atoms with Gasteiger partial charge in [-0.15, -0.1) is 0 Å². The summed E-state index contributed by atoms with van der Waals surface area (Å²) in [5.41, 5.74) is 7.04. The Morgan fingerprint density at radius 1 is 1.08 bits per heavy atom. The van der Waals surface area contributed by atoms with E-state index in [4.69, 9.17) is 5.73 Å². The van der Waals surface area contributed by atoms with E-state index in [1.165, 1.54) is 4.90 Å². The number of rotatable bonds is 2. The second-order valence-electron chi connectivity index (χ2n) is 6.18. The van der Waals surface area contributed by atoms with Gasteiger partial charge in [0.15, 0.2) is 0 Å². The molecule has 0 radical (unpaired) electrons. The van der Waals surface area contributed by atoms with Gasteiger partial charge in [-0.2, -0.15) is 0 Å². The van der Waals surface area contributed by atoms with E-state index in [0.29, 0.717) is 23.4 Å². The smallest absolute Gasteiger partial charge is 0.263 e. The van der Waals surface area contributed by atoms with Gasteiger partial charge in [0.2, 0.25) is 0 Å². The average Bonchev–Trinajstić information content (AvgIpc) is 2.88. The molecule has 1 aromatic carbocycles. The molecule has 0 bridgehead atoms. The van der Waals surface area contributed by atoms with Crippen molar-refractivity contribution in [3.8, 4) is 0 Å². The summed E-state index contributed by atoms with van der Waals surface area (Å²) in [5.74, 6) is 0.356. The fraction of sp³-hybridized carbons (Fsp3) is 0.278. The molecule has 0 spiro atoms. The lowest BCUT2D eigenvalue weighted by molar-refractivity contribution is 0.0570. The van der Waals surface area contributed by atoms with Gasteiger partial charge in [-0.1, -0.05) is 12.1 Å². The number of carbonyl (C=O) groups is 2. The van der Waals surface area contributed by atoms with Gasteiger partial charge in [0, 0.05) is 25.0 Å². The van der Waals surface area contributed by atoms with Gasteiger partial charge in [0.25, 0.3) is 11.8 Å². The summed E-state index contributed by atoms with van der Waals surface area (Å²) in [7, 11) is 0. The minimum Gasteiger partial charge on any atom is -0.398 e. The number of nitrogens with two attached hydrogens (primary N) is 1. The number of benzene rings is 1. The van der Waals surface area contributed by atoms with Crippen LogP contribution < -0.4 is 10.6 Å². The van der Waals surface area contributed by atoms with Crippen LogP contribution in [0.3, 0.4) is 0 Å². The second kappa shape index (κ2) is 5.63. The fourth-order valence-electron chi connectivity index (χ4n) is 3.58. The van der Waals surface area contributed by atoms with Gasteiger partial charge in [-0.3, -0.25) is 14.5 Å². The molecule has 2 N–H and O–H groups in total. The van der Waals surface area contributed by atoms with Crippen molar-refractivity contribution in [3.05, 3.63) is 53.7 Å². The molecular formula is C18H18N4O2. The number of nitrogen functional groups attached to an aromatic ring is 1. The van der Waals surface area contributed by atoms with Crippen LogP contribution in [0.5, 0.6) is 0 Å². The van der Waals surface area contributed by atoms with E-state index in [-0.39, 0.29) is 17.9 Å². The van der Waals surface area contributed by atoms with Crippen molar-refractivity contribution in [2.45, 2.75) is 18.9 Å². The van der Waals surface area contributed by atoms with E-state index in [1.807, 2.05) is 18.2 Å². The van der Waals surface area contributed by atoms with Gasteiger partial charge >= 0.3 is 0 Å². The molecule has 2 aromatic rings. The quantitative estimate of drug-likeness (QED) is 0.675. The van der Waals surface area contributed by atoms with Crippen LogP contribution in [0.2, 0.25) is 0 Å². The molecule has 1 saturated heterocycles. The van der Waals surface area contributed by atoms with Crippen LogP contribution in [0.25, 0.3) is 0 Å². The third kappa shape index (κ3) is 2.22. The molecule has 3 heterocycles. The first-order valence-electron chi connectivity index (χ1n) is 8.09. The van der Waals surface area contributed by atoms with E-state index >= 15 is 0 Å². The van der Waals surface area contributed by atoms with Crippen LogP contribution in [0.1, 0.15) is 33.6 Å². The molecule has 4 rings (SSSR count). The summed E-state index contributed by atoms with van der Waals surface area (Å²) in [6, 6.07) is 10.6. The molecule has 24 heavy (non-hydrogen) atoms. The monoisotopic (exact) mass is 322 g/mol. The minimum absolute atomic E-state index is 0.160. The highest BCUT2D eigenvalue weighted by Gasteiger charge is 2.42. The number of hydrogen-bond acceptors (Lipinski definition) is 5. The Kier molecular flexibility index (Phi) is 3.45. The van der Waals surface area contributed by atoms with Crippen molar-refractivity contribution < 1.29 is 9.59 Å². The van der Waals surface area contributed by atoms with E-state index in [1.54, 1.807) is 24.4 Å². The number of amides is 2. The van der Waals surface area contributed by atoms with E-state index < -0.39 is 0 Å². The van der Waals surface area contributed by atoms with E-state index in [2.05, 4.69) is 9.88 Å². The van der Waals surface area contributed by atoms with Crippen LogP contribution in [0.4, 0.5) is 11.5 Å². The molecule has 1 fully saturated rings. The van der Waals surface area contributed by atoms with Crippen LogP contribution >= 0.6 is 0 Å². The minimum atomic E-state index is -0.277. The Hall–Kier alpha value is -2.89. The highest BCUT2D eigenvalue weighted by Crippen LogP contribution is 2.31. The van der Waals surface area contributed by atoms with Crippen molar-refractivity contribution in [1.82, 2.24) is 9.88 Å². The molecule has 1 unspecified atom stereocenters. The third-order valence-corrected chi connectivity index (χ3v) is 4.71. The van der Waals surface area contributed by atoms with E-state index in [0.717, 1.165) is 25.2 Å². The Morgan fingerprint density at radius 3 is 2.71 bits per heavy atom. The number of nitrogens with zero attached hydrogens (tertiary/aromatic N) is 3. The van der Waals surface area contributed by atoms with Gasteiger partial charge in [-0.25, -0.2) is 4.98 Å². The SMILES string of the molecule is Nc1cccc2c1C(=O)N(C1CCCN(c3ccccn3)C1)C2=O. The standard InChI is InChI=1S/C18H18N4O2/c19-14-7-3-6-13-16(14)18(24)22(17(13)23)12-5-4-10-21(11-12)15-8-1-2-9-20-15/h1-3,6-9,12H,4-5,10-11,19H2. The van der Waals surface area contributed by atoms with Crippen molar-refractivity contribution in [1.29, 1.82) is 0 Å². The highest BCUT2D eigenvalue weighted by molar-refractivity contribution is 6.23. The number of aromatic nitrogens is 1. The topological polar surface area (TPSA) is 79.5 Å². The van der Waals surface area contributed by atoms with Crippen LogP contribution in [-0.2, 0) is 0 Å². The zero-order valence-electron chi connectivity index (χ0n) is 13.2. The van der Waals surface area contributed by atoms with Gasteiger partial charge in [0.1, 0.15) is 5.82 Å². The molecular weight excluding hydrogens is 304 g/mol. The molecule has 1 aromatic heterocycles. The molecule has 6 nitrogen and oxygen atoms in total. The summed E-state index contributed by atoms with van der Waals surface area (Å²) in [6.07, 6.45) is 3.46. The maximum Gasteiger partial charge on any atom is 0.263 e. The van der Waals surface area contributed by atoms with Crippen molar-refractivity contribution in [3.63, 3.8) is 0 Å². The predicted octanol–water partition coefficient (Wildman–Crippen LogP) is 1.93. The Morgan fingerprint density at radius 2 is 1.96 bits per heavy atom. The molecule has 122 valence electrons. The largest absolute Gasteiger partial charge is 0.398 e. The van der Waals surface area contributed by atoms with Gasteiger partial charge < -0.3 is 10.6 Å². The van der Waals surface area contributed by atoms with Crippen LogP contribution in [-0.4, -0.2) is 40.8 Å². The fourth-order valence-corrected chi connectivity index (χ4v) is 3.58. The first kappa shape index (κ1) is 14.7. The molecule has 0 saturated carbocycles. The zero-order valence-corrected chi connectivity index (χ0v) is 13.2. The Labute approximate surface area is 139 Å². The maximum absolute atomic E-state index is 12.8. The Balaban J connectivity index is 1.62. The lowest BCUT2D eigenvalue weighted by Gasteiger charge is -2.37. The van der Waals surface area contributed by atoms with Crippen LogP contribution in [0.15, 0.2) is 42.6 Å². The predicted molar refractivity (Wildman–Crippen MR) is 90.8 cm³/mol. The maximum atomic E-state index is 12.8. The number of hydrogen-bond donors (Lipinski definition) is 1. The molecule has 6 heteroatoms. The number of fused-ring (bicyclic) bond motifs is 1. The molecule has 2 aliphatic rings. The van der Waals surface area contributed by atoms with Gasteiger partial charge in [0.05, 0.1) is 17.2 Å². The summed E-state index contributed by atoms with van der Waals surface area (Å²) < 4.78 is 0. The zero-order chi connectivity index (χ0) is 16.7. The van der Waals surface area contributed by atoms with Crippen LogP contribution in [0, 0.1) is 0 Å². The summed E-state index contributed by atoms with van der Waals surface area (Å²) in [4.78, 5) is 33.4. The molecule has 2 amide bonds. The van der Waals surface area contributed by atoms with Crippen molar-refractivity contribution in [2.75, 3.05) is 23.7 Å². The number of carbonyl (C=O) groups excluding carboxylic acids is 2. The first-order valence-corrected chi connectivity index (χ1v) is 8.09. The first-order chi connectivity index (χ1) is 11.7. The number of pyridine rings is 1. The molecule has 0 aliphatic carbocycles. The third-order valence-electron chi connectivity index (χ3n) is 4.71. The highest BCUT2D eigenvalue weighted by atomic mass is 16.2. The molecule has 1 atom stereocenters. The normalized spacial score (nSPS) is 20.4. The van der Waals surface area contributed by atoms with Crippen molar-refractivity contribution in [2.24, 2.45) is 0 Å². The van der Waals surface area contributed by atoms with E-state index in [9.17, 15) is 9.59 Å². The Bertz CT molecular complexity index is 806. The number of piperidine rings is 1. The average molecular weight is 322 g/mol. The summed E-state index contributed by atoms with van der Waals surface area (Å²) in [6.45, 7) is 1.47. The lowest BCUT2D eigenvalue weighted by Crippen LogP contribution is -2.50. The summed E-state index contributed by atoms with van der Waals surface area (Å²) in [5, 5.41) is 0. The number of anilines is 2.